The maximum absolute atomic E-state index is 5.96. The quantitative estimate of drug-likeness (QED) is 0.879. The number of likely N-dealkylation sites (N-methyl/N-ethyl adjacent to an activating group) is 1. The summed E-state index contributed by atoms with van der Waals surface area (Å²) in [5, 5.41) is 0. The van der Waals surface area contributed by atoms with Gasteiger partial charge >= 0.3 is 0 Å². The molecule has 0 saturated heterocycles. The Hall–Kier alpha value is -0.860. The maximum atomic E-state index is 5.96. The van der Waals surface area contributed by atoms with Gasteiger partial charge in [0.05, 0.1) is 0 Å². The van der Waals surface area contributed by atoms with Gasteiger partial charge in [-0.05, 0) is 29.5 Å². The van der Waals surface area contributed by atoms with E-state index in [-0.39, 0.29) is 5.41 Å². The van der Waals surface area contributed by atoms with Gasteiger partial charge in [0.1, 0.15) is 0 Å². The van der Waals surface area contributed by atoms with E-state index in [0.29, 0.717) is 18.5 Å². The SMILES string of the molecule is CC(C)CN(C)C(CN)c1ccc(C(C)(C)C)cc1. The molecule has 19 heavy (non-hydrogen) atoms. The molecule has 108 valence electrons. The molecule has 1 aromatic carbocycles. The first-order valence-electron chi connectivity index (χ1n) is 7.26. The van der Waals surface area contributed by atoms with Gasteiger partial charge in [-0.3, -0.25) is 4.90 Å². The highest BCUT2D eigenvalue weighted by Crippen LogP contribution is 2.25. The Kier molecular flexibility index (Phi) is 5.57. The van der Waals surface area contributed by atoms with E-state index < -0.39 is 0 Å². The summed E-state index contributed by atoms with van der Waals surface area (Å²) in [4.78, 5) is 2.36. The highest BCUT2D eigenvalue weighted by molar-refractivity contribution is 5.29. The molecule has 0 bridgehead atoms. The Balaban J connectivity index is 2.88. The van der Waals surface area contributed by atoms with E-state index >= 15 is 0 Å². The second-order valence-corrected chi connectivity index (χ2v) is 6.96. The molecule has 0 amide bonds. The van der Waals surface area contributed by atoms with Crippen LogP contribution in [-0.2, 0) is 5.41 Å². The summed E-state index contributed by atoms with van der Waals surface area (Å²) < 4.78 is 0. The lowest BCUT2D eigenvalue weighted by molar-refractivity contribution is 0.223. The number of hydrogen-bond donors (Lipinski definition) is 1. The third-order valence-electron chi connectivity index (χ3n) is 3.57. The van der Waals surface area contributed by atoms with Crippen LogP contribution < -0.4 is 5.73 Å². The van der Waals surface area contributed by atoms with Gasteiger partial charge in [0.15, 0.2) is 0 Å². The molecular weight excluding hydrogens is 232 g/mol. The van der Waals surface area contributed by atoms with E-state index in [4.69, 9.17) is 5.73 Å². The molecule has 2 nitrogen and oxygen atoms in total. The lowest BCUT2D eigenvalue weighted by atomic mass is 9.86. The summed E-state index contributed by atoms with van der Waals surface area (Å²) in [7, 11) is 2.16. The Morgan fingerprint density at radius 2 is 1.63 bits per heavy atom. The van der Waals surface area contributed by atoms with Crippen LogP contribution in [0.5, 0.6) is 0 Å². The predicted molar refractivity (Wildman–Crippen MR) is 84.4 cm³/mol. The van der Waals surface area contributed by atoms with Crippen molar-refractivity contribution in [3.8, 4) is 0 Å². The molecule has 2 heteroatoms. The average Bonchev–Trinajstić information content (AvgIpc) is 2.28. The van der Waals surface area contributed by atoms with Crippen molar-refractivity contribution in [3.05, 3.63) is 35.4 Å². The third kappa shape index (κ3) is 4.63. The molecule has 0 radical (unpaired) electrons. The summed E-state index contributed by atoms with van der Waals surface area (Å²) in [6.07, 6.45) is 0. The van der Waals surface area contributed by atoms with Gasteiger partial charge in [0.25, 0.3) is 0 Å². The predicted octanol–water partition coefficient (Wildman–Crippen LogP) is 3.57. The Bertz CT molecular complexity index is 373. The van der Waals surface area contributed by atoms with Crippen LogP contribution in [0.25, 0.3) is 0 Å². The van der Waals surface area contributed by atoms with Crippen LogP contribution in [0.2, 0.25) is 0 Å². The molecule has 0 aliphatic heterocycles. The van der Waals surface area contributed by atoms with Crippen molar-refractivity contribution in [2.45, 2.75) is 46.1 Å². The van der Waals surface area contributed by atoms with Crippen LogP contribution in [0, 0.1) is 5.92 Å². The van der Waals surface area contributed by atoms with Gasteiger partial charge in [-0.2, -0.15) is 0 Å². The van der Waals surface area contributed by atoms with Crippen molar-refractivity contribution >= 4 is 0 Å². The minimum atomic E-state index is 0.209. The van der Waals surface area contributed by atoms with Crippen LogP contribution >= 0.6 is 0 Å². The Morgan fingerprint density at radius 1 is 1.11 bits per heavy atom. The first-order chi connectivity index (χ1) is 8.75. The standard InChI is InChI=1S/C17H30N2/c1-13(2)12-19(6)16(11-18)14-7-9-15(10-8-14)17(3,4)5/h7-10,13,16H,11-12,18H2,1-6H3. The van der Waals surface area contributed by atoms with E-state index in [1.54, 1.807) is 0 Å². The monoisotopic (exact) mass is 262 g/mol. The molecular formula is C17H30N2. The molecule has 0 heterocycles. The first kappa shape index (κ1) is 16.2. The zero-order valence-corrected chi connectivity index (χ0v) is 13.4. The Labute approximate surface area is 119 Å². The molecule has 0 spiro atoms. The fourth-order valence-electron chi connectivity index (χ4n) is 2.48. The van der Waals surface area contributed by atoms with E-state index in [2.05, 4.69) is 70.8 Å². The fraction of sp³-hybridized carbons (Fsp3) is 0.647. The summed E-state index contributed by atoms with van der Waals surface area (Å²) in [5.41, 5.74) is 8.86. The largest absolute Gasteiger partial charge is 0.329 e. The molecule has 0 aliphatic rings. The lowest BCUT2D eigenvalue weighted by Crippen LogP contribution is -2.33. The molecule has 2 N–H and O–H groups in total. The second kappa shape index (κ2) is 6.53. The van der Waals surface area contributed by atoms with E-state index in [9.17, 15) is 0 Å². The van der Waals surface area contributed by atoms with Gasteiger partial charge in [-0.25, -0.2) is 0 Å². The maximum Gasteiger partial charge on any atom is 0.0467 e. The van der Waals surface area contributed by atoms with Crippen molar-refractivity contribution in [3.63, 3.8) is 0 Å². The van der Waals surface area contributed by atoms with Crippen molar-refractivity contribution in [2.75, 3.05) is 20.1 Å². The van der Waals surface area contributed by atoms with Crippen LogP contribution in [0.3, 0.4) is 0 Å². The number of rotatable bonds is 5. The van der Waals surface area contributed by atoms with Crippen molar-refractivity contribution < 1.29 is 0 Å². The minimum Gasteiger partial charge on any atom is -0.329 e. The van der Waals surface area contributed by atoms with E-state index in [0.717, 1.165) is 6.54 Å². The molecule has 1 rings (SSSR count). The number of hydrogen-bond acceptors (Lipinski definition) is 2. The van der Waals surface area contributed by atoms with E-state index in [1.165, 1.54) is 11.1 Å². The molecule has 0 saturated carbocycles. The van der Waals surface area contributed by atoms with E-state index in [1.807, 2.05) is 0 Å². The first-order valence-corrected chi connectivity index (χ1v) is 7.26. The van der Waals surface area contributed by atoms with Gasteiger partial charge in [0.2, 0.25) is 0 Å². The topological polar surface area (TPSA) is 29.3 Å². The van der Waals surface area contributed by atoms with Crippen LogP contribution in [0.4, 0.5) is 0 Å². The number of nitrogens with two attached hydrogens (primary N) is 1. The van der Waals surface area contributed by atoms with Gasteiger partial charge in [-0.1, -0.05) is 58.9 Å². The zero-order chi connectivity index (χ0) is 14.6. The van der Waals surface area contributed by atoms with Gasteiger partial charge in [-0.15, -0.1) is 0 Å². The zero-order valence-electron chi connectivity index (χ0n) is 13.4. The van der Waals surface area contributed by atoms with Crippen molar-refractivity contribution in [1.29, 1.82) is 0 Å². The van der Waals surface area contributed by atoms with Crippen LogP contribution in [0.1, 0.15) is 51.8 Å². The van der Waals surface area contributed by atoms with Crippen LogP contribution in [0.15, 0.2) is 24.3 Å². The summed E-state index contributed by atoms with van der Waals surface area (Å²) in [6, 6.07) is 9.25. The molecule has 0 aromatic heterocycles. The molecule has 0 fully saturated rings. The molecule has 1 atom stereocenters. The summed E-state index contributed by atoms with van der Waals surface area (Å²) >= 11 is 0. The smallest absolute Gasteiger partial charge is 0.0467 e. The van der Waals surface area contributed by atoms with Crippen molar-refractivity contribution in [1.82, 2.24) is 4.90 Å². The third-order valence-corrected chi connectivity index (χ3v) is 3.57. The lowest BCUT2D eigenvalue weighted by Gasteiger charge is -2.29. The van der Waals surface area contributed by atoms with Gasteiger partial charge in [0, 0.05) is 19.1 Å². The second-order valence-electron chi connectivity index (χ2n) is 6.96. The average molecular weight is 262 g/mol. The summed E-state index contributed by atoms with van der Waals surface area (Å²) in [6.45, 7) is 13.0. The van der Waals surface area contributed by atoms with Gasteiger partial charge < -0.3 is 5.73 Å². The summed E-state index contributed by atoms with van der Waals surface area (Å²) in [5.74, 6) is 0.660. The number of nitrogens with zero attached hydrogens (tertiary/aromatic N) is 1. The van der Waals surface area contributed by atoms with Crippen molar-refractivity contribution in [2.24, 2.45) is 11.7 Å². The molecule has 1 aromatic rings. The molecule has 0 aliphatic carbocycles. The minimum absolute atomic E-state index is 0.209. The highest BCUT2D eigenvalue weighted by Gasteiger charge is 2.18. The number of benzene rings is 1. The molecule has 1 unspecified atom stereocenters. The normalized spacial score (nSPS) is 14.2. The Morgan fingerprint density at radius 3 is 2.00 bits per heavy atom. The fourth-order valence-corrected chi connectivity index (χ4v) is 2.48. The highest BCUT2D eigenvalue weighted by atomic mass is 15.1. The van der Waals surface area contributed by atoms with Crippen LogP contribution in [-0.4, -0.2) is 25.0 Å².